The lowest BCUT2D eigenvalue weighted by Crippen LogP contribution is -2.55. The normalized spacial score (nSPS) is 18.0. The molecule has 11 rings (SSSR count). The van der Waals surface area contributed by atoms with Crippen molar-refractivity contribution < 1.29 is 0 Å². The highest BCUT2D eigenvalue weighted by Crippen LogP contribution is 2.52. The van der Waals surface area contributed by atoms with Crippen molar-refractivity contribution in [2.24, 2.45) is 0 Å². The van der Waals surface area contributed by atoms with Gasteiger partial charge in [0.05, 0.1) is 0 Å². The van der Waals surface area contributed by atoms with Crippen LogP contribution in [-0.4, -0.2) is 6.71 Å². The topological polar surface area (TPSA) is 6.48 Å². The van der Waals surface area contributed by atoms with Gasteiger partial charge in [-0.3, -0.25) is 0 Å². The molecular weight excluding hydrogens is 735 g/mol. The molecule has 302 valence electrons. The molecule has 0 atom stereocenters. The SMILES string of the molecule is CC1(C)CCC(C)(C)c2cc(N3c4cc5c(cc4B4c6ccc(N(c7ccccc7)c7ccccc7)cc6-c6cc(-c7ccccc7)cc3c64)C(C)(C)CCC5(C)C)ccc21. The maximum absolute atomic E-state index is 2.68. The van der Waals surface area contributed by atoms with Gasteiger partial charge in [-0.25, -0.2) is 0 Å². The smallest absolute Gasteiger partial charge is 0.248 e. The number of fused-ring (bicyclic) bond motifs is 7. The molecule has 0 N–H and O–H groups in total. The van der Waals surface area contributed by atoms with Crippen LogP contribution < -0.4 is 26.2 Å². The summed E-state index contributed by atoms with van der Waals surface area (Å²) in [7, 11) is 0. The highest BCUT2D eigenvalue weighted by molar-refractivity contribution is 7.01. The number of para-hydroxylation sites is 2. The first-order chi connectivity index (χ1) is 29.2. The van der Waals surface area contributed by atoms with E-state index in [2.05, 4.69) is 217 Å². The Balaban J connectivity index is 1.22. The molecule has 4 aliphatic rings. The molecule has 0 bridgehead atoms. The van der Waals surface area contributed by atoms with Crippen LogP contribution in [0, 0.1) is 0 Å². The van der Waals surface area contributed by atoms with E-state index in [1.165, 1.54) is 109 Å². The molecule has 0 radical (unpaired) electrons. The minimum Gasteiger partial charge on any atom is -0.311 e. The fourth-order valence-electron chi connectivity index (χ4n) is 11.6. The molecule has 2 nitrogen and oxygen atoms in total. The number of hydrogen-bond donors (Lipinski definition) is 0. The van der Waals surface area contributed by atoms with E-state index in [0.29, 0.717) is 0 Å². The molecule has 0 saturated carbocycles. The van der Waals surface area contributed by atoms with Gasteiger partial charge in [0.25, 0.3) is 0 Å². The van der Waals surface area contributed by atoms with Gasteiger partial charge in [0.2, 0.25) is 6.71 Å². The fraction of sp³-hybridized carbons (Fsp3) is 0.276. The van der Waals surface area contributed by atoms with Gasteiger partial charge in [0.15, 0.2) is 0 Å². The number of rotatable bonds is 5. The summed E-state index contributed by atoms with van der Waals surface area (Å²) >= 11 is 0. The zero-order chi connectivity index (χ0) is 42.1. The third-order valence-electron chi connectivity index (χ3n) is 15.4. The van der Waals surface area contributed by atoms with Crippen molar-refractivity contribution in [1.29, 1.82) is 0 Å². The van der Waals surface area contributed by atoms with Crippen molar-refractivity contribution in [3.05, 3.63) is 174 Å². The molecule has 0 unspecified atom stereocenters. The molecule has 3 heteroatoms. The second-order valence-electron chi connectivity index (χ2n) is 21.1. The van der Waals surface area contributed by atoms with E-state index in [1.807, 2.05) is 0 Å². The monoisotopic (exact) mass is 792 g/mol. The summed E-state index contributed by atoms with van der Waals surface area (Å²) in [5.74, 6) is 0. The predicted octanol–water partition coefficient (Wildman–Crippen LogP) is 13.8. The maximum Gasteiger partial charge on any atom is 0.248 e. The summed E-state index contributed by atoms with van der Waals surface area (Å²) in [5, 5.41) is 0. The van der Waals surface area contributed by atoms with Crippen LogP contribution in [0.15, 0.2) is 152 Å². The van der Waals surface area contributed by atoms with Gasteiger partial charge in [0.1, 0.15) is 0 Å². The molecule has 2 heterocycles. The van der Waals surface area contributed by atoms with Crippen LogP contribution in [0.3, 0.4) is 0 Å². The highest BCUT2D eigenvalue weighted by Gasteiger charge is 2.47. The van der Waals surface area contributed by atoms with Crippen molar-refractivity contribution in [2.75, 3.05) is 9.80 Å². The van der Waals surface area contributed by atoms with Gasteiger partial charge in [0, 0.05) is 34.1 Å². The lowest BCUT2D eigenvalue weighted by molar-refractivity contribution is 0.332. The standard InChI is InChI=1S/C58H57BN2/c1-55(2)28-29-56(3,4)47-35-43(24-26-46(47)55)61-52-37-49-48(57(5,6)30-31-58(49,7)8)36-51(52)59-50-27-25-42(60(40-20-14-10-15-21-40)41-22-16-11-17-23-41)34-44(50)45-32-39(33-53(61)54(45)59)38-18-12-9-13-19-38/h9-27,32-37H,28-31H2,1-8H3. The Morgan fingerprint density at radius 3 is 1.56 bits per heavy atom. The van der Waals surface area contributed by atoms with Crippen molar-refractivity contribution in [2.45, 2.75) is 103 Å². The summed E-state index contributed by atoms with van der Waals surface area (Å²) in [6.07, 6.45) is 4.76. The van der Waals surface area contributed by atoms with Gasteiger partial charge in [-0.1, -0.05) is 146 Å². The van der Waals surface area contributed by atoms with Crippen LogP contribution in [0.1, 0.15) is 103 Å². The van der Waals surface area contributed by atoms with Crippen LogP contribution >= 0.6 is 0 Å². The fourth-order valence-corrected chi connectivity index (χ4v) is 11.6. The van der Waals surface area contributed by atoms with Crippen LogP contribution in [0.5, 0.6) is 0 Å². The Hall–Kier alpha value is -5.80. The third-order valence-corrected chi connectivity index (χ3v) is 15.4. The van der Waals surface area contributed by atoms with Crippen LogP contribution in [0.25, 0.3) is 22.3 Å². The summed E-state index contributed by atoms with van der Waals surface area (Å²) < 4.78 is 0. The van der Waals surface area contributed by atoms with E-state index in [4.69, 9.17) is 0 Å². The number of anilines is 6. The van der Waals surface area contributed by atoms with Gasteiger partial charge in [-0.15, -0.1) is 0 Å². The Morgan fingerprint density at radius 2 is 0.951 bits per heavy atom. The van der Waals surface area contributed by atoms with Crippen molar-refractivity contribution >= 4 is 57.2 Å². The molecule has 0 aromatic heterocycles. The second kappa shape index (κ2) is 13.4. The van der Waals surface area contributed by atoms with Crippen LogP contribution in [0.2, 0.25) is 0 Å². The quantitative estimate of drug-likeness (QED) is 0.160. The summed E-state index contributed by atoms with van der Waals surface area (Å²) in [5.41, 5.74) is 23.2. The van der Waals surface area contributed by atoms with Gasteiger partial charge >= 0.3 is 0 Å². The maximum atomic E-state index is 2.68. The predicted molar refractivity (Wildman–Crippen MR) is 262 cm³/mol. The average Bonchev–Trinajstić information content (AvgIpc) is 3.59. The Labute approximate surface area is 364 Å². The molecule has 61 heavy (non-hydrogen) atoms. The summed E-state index contributed by atoms with van der Waals surface area (Å²) in [6, 6.07) is 57.8. The molecule has 2 aliphatic carbocycles. The average molecular weight is 793 g/mol. The zero-order valence-electron chi connectivity index (χ0n) is 37.2. The second-order valence-corrected chi connectivity index (χ2v) is 21.1. The van der Waals surface area contributed by atoms with Gasteiger partial charge in [-0.2, -0.15) is 0 Å². The van der Waals surface area contributed by atoms with E-state index in [9.17, 15) is 0 Å². The minimum absolute atomic E-state index is 0.0750. The number of hydrogen-bond acceptors (Lipinski definition) is 2. The summed E-state index contributed by atoms with van der Waals surface area (Å²) in [6.45, 7) is 19.8. The van der Waals surface area contributed by atoms with Gasteiger partial charge in [-0.05, 0) is 170 Å². The molecule has 7 aromatic carbocycles. The Morgan fingerprint density at radius 1 is 0.410 bits per heavy atom. The van der Waals surface area contributed by atoms with Crippen LogP contribution in [-0.2, 0) is 21.7 Å². The molecule has 0 fully saturated rings. The van der Waals surface area contributed by atoms with E-state index in [-0.39, 0.29) is 28.4 Å². The Bertz CT molecular complexity index is 2830. The van der Waals surface area contributed by atoms with E-state index >= 15 is 0 Å². The lowest BCUT2D eigenvalue weighted by atomic mass is 9.36. The molecule has 2 aliphatic heterocycles. The minimum atomic E-state index is 0.0750. The molecule has 0 saturated heterocycles. The number of nitrogens with zero attached hydrogens (tertiary/aromatic N) is 2. The first kappa shape index (κ1) is 38.2. The molecule has 0 spiro atoms. The zero-order valence-corrected chi connectivity index (χ0v) is 37.2. The van der Waals surface area contributed by atoms with E-state index in [0.717, 1.165) is 11.4 Å². The van der Waals surface area contributed by atoms with Crippen LogP contribution in [0.4, 0.5) is 34.1 Å². The Kier molecular flexibility index (Phi) is 8.35. The summed E-state index contributed by atoms with van der Waals surface area (Å²) in [4.78, 5) is 5.09. The van der Waals surface area contributed by atoms with Crippen molar-refractivity contribution in [3.8, 4) is 22.3 Å². The van der Waals surface area contributed by atoms with Crippen molar-refractivity contribution in [1.82, 2.24) is 0 Å². The molecule has 7 aromatic rings. The van der Waals surface area contributed by atoms with Gasteiger partial charge < -0.3 is 9.80 Å². The third kappa shape index (κ3) is 5.90. The number of benzene rings is 7. The first-order valence-electron chi connectivity index (χ1n) is 22.6. The van der Waals surface area contributed by atoms with E-state index < -0.39 is 0 Å². The van der Waals surface area contributed by atoms with Crippen molar-refractivity contribution in [3.63, 3.8) is 0 Å². The molecular formula is C58H57BN2. The lowest BCUT2D eigenvalue weighted by Gasteiger charge is -2.45. The first-order valence-corrected chi connectivity index (χ1v) is 22.6. The van der Waals surface area contributed by atoms with E-state index in [1.54, 1.807) is 0 Å². The highest BCUT2D eigenvalue weighted by atomic mass is 15.2. The molecule has 0 amide bonds. The largest absolute Gasteiger partial charge is 0.311 e.